The monoisotopic (exact) mass is 303 g/mol. The van der Waals surface area contributed by atoms with Crippen molar-refractivity contribution >= 4 is 27.8 Å². The van der Waals surface area contributed by atoms with E-state index in [1.54, 1.807) is 0 Å². The van der Waals surface area contributed by atoms with E-state index in [9.17, 15) is 9.59 Å². The fraction of sp³-hybridized carbons (Fsp3) is 0.833. The molecule has 0 spiro atoms. The van der Waals surface area contributed by atoms with E-state index >= 15 is 0 Å². The van der Waals surface area contributed by atoms with Gasteiger partial charge in [-0.1, -0.05) is 15.9 Å². The molecule has 2 bridgehead atoms. The number of hydrogen-bond acceptors (Lipinski definition) is 3. The maximum atomic E-state index is 11.6. The Morgan fingerprint density at radius 3 is 2.24 bits per heavy atom. The second kappa shape index (κ2) is 3.70. The van der Waals surface area contributed by atoms with Gasteiger partial charge in [-0.15, -0.1) is 0 Å². The van der Waals surface area contributed by atoms with Crippen LogP contribution in [0.15, 0.2) is 0 Å². The summed E-state index contributed by atoms with van der Waals surface area (Å²) in [7, 11) is 0. The Morgan fingerprint density at radius 2 is 1.82 bits per heavy atom. The van der Waals surface area contributed by atoms with E-state index in [0.29, 0.717) is 5.33 Å². The number of carbonyl (C=O) groups is 2. The molecule has 0 atom stereocenters. The predicted molar refractivity (Wildman–Crippen MR) is 67.2 cm³/mol. The number of nitrogens with one attached hydrogen (secondary N) is 1. The summed E-state index contributed by atoms with van der Waals surface area (Å²) in [5, 5.41) is 3.30. The molecule has 0 saturated heterocycles. The number of alkyl halides is 1. The van der Waals surface area contributed by atoms with Gasteiger partial charge < -0.3 is 10.1 Å². The number of ether oxygens (including phenoxy) is 1. The summed E-state index contributed by atoms with van der Waals surface area (Å²) in [6.07, 6.45) is 1.92. The molecule has 3 fully saturated rings. The normalized spacial score (nSPS) is 34.4. The van der Waals surface area contributed by atoms with Gasteiger partial charge in [0.1, 0.15) is 11.4 Å². The van der Waals surface area contributed by atoms with Crippen molar-refractivity contribution in [2.75, 3.05) is 5.33 Å². The third-order valence-electron chi connectivity index (χ3n) is 3.51. The first-order valence-electron chi connectivity index (χ1n) is 5.81. The van der Waals surface area contributed by atoms with E-state index in [2.05, 4.69) is 21.2 Å². The number of amides is 1. The van der Waals surface area contributed by atoms with Gasteiger partial charge in [-0.3, -0.25) is 4.79 Å². The maximum absolute atomic E-state index is 11.6. The highest BCUT2D eigenvalue weighted by atomic mass is 79.9. The Morgan fingerprint density at radius 1 is 1.29 bits per heavy atom. The zero-order chi connectivity index (χ0) is 12.9. The third kappa shape index (κ3) is 2.21. The molecule has 0 aromatic rings. The minimum atomic E-state index is -0.475. The van der Waals surface area contributed by atoms with Gasteiger partial charge in [0.05, 0.1) is 5.33 Å². The molecular weight excluding hydrogens is 286 g/mol. The molecule has 3 aliphatic carbocycles. The first-order chi connectivity index (χ1) is 7.70. The summed E-state index contributed by atoms with van der Waals surface area (Å²) < 4.78 is 5.21. The molecule has 3 saturated carbocycles. The lowest BCUT2D eigenvalue weighted by Gasteiger charge is -2.69. The van der Waals surface area contributed by atoms with Crippen LogP contribution in [-0.4, -0.2) is 28.3 Å². The number of alkyl carbamates (subject to hydrolysis) is 1. The molecule has 0 aromatic carbocycles. The molecule has 4 nitrogen and oxygen atoms in total. The Hall–Kier alpha value is -0.580. The Balaban J connectivity index is 1.82. The Labute approximate surface area is 110 Å². The zero-order valence-corrected chi connectivity index (χ0v) is 12.0. The minimum absolute atomic E-state index is 0.154. The van der Waals surface area contributed by atoms with Crippen molar-refractivity contribution in [3.8, 4) is 0 Å². The van der Waals surface area contributed by atoms with Crippen LogP contribution in [0.5, 0.6) is 0 Å². The molecule has 5 heteroatoms. The molecule has 3 aliphatic rings. The van der Waals surface area contributed by atoms with Gasteiger partial charge in [0.15, 0.2) is 0 Å². The van der Waals surface area contributed by atoms with Crippen molar-refractivity contribution in [3.05, 3.63) is 0 Å². The van der Waals surface area contributed by atoms with Crippen LogP contribution in [0.1, 0.15) is 40.0 Å². The molecule has 0 aliphatic heterocycles. The number of ketones is 1. The summed E-state index contributed by atoms with van der Waals surface area (Å²) in [5.74, 6) is 0.255. The van der Waals surface area contributed by atoms with Crippen molar-refractivity contribution in [3.63, 3.8) is 0 Å². The zero-order valence-electron chi connectivity index (χ0n) is 10.4. The number of Topliss-reactive ketones (excluding diaryl/α,β-unsaturated/α-hetero) is 1. The van der Waals surface area contributed by atoms with Crippen LogP contribution in [0.25, 0.3) is 0 Å². The van der Waals surface area contributed by atoms with Crippen LogP contribution in [0.3, 0.4) is 0 Å². The molecule has 0 radical (unpaired) electrons. The van der Waals surface area contributed by atoms with E-state index in [0.717, 1.165) is 19.3 Å². The standard InChI is InChI=1S/C12H18BrNO3/c1-10(2,3)17-9(16)14-12-5-11(6-12,7-12)8(15)4-13/h4-7H2,1-3H3,(H,14,16). The first-order valence-corrected chi connectivity index (χ1v) is 6.93. The van der Waals surface area contributed by atoms with Crippen LogP contribution in [0.2, 0.25) is 0 Å². The molecule has 1 N–H and O–H groups in total. The molecule has 17 heavy (non-hydrogen) atoms. The molecule has 1 amide bonds. The summed E-state index contributed by atoms with van der Waals surface area (Å²) in [4.78, 5) is 23.2. The number of halogens is 1. The molecule has 0 aromatic heterocycles. The summed E-state index contributed by atoms with van der Waals surface area (Å²) in [6, 6.07) is 0. The van der Waals surface area contributed by atoms with Gasteiger partial charge in [-0.2, -0.15) is 0 Å². The highest BCUT2D eigenvalue weighted by Crippen LogP contribution is 2.67. The summed E-state index contributed by atoms with van der Waals surface area (Å²) in [5.41, 5.74) is -0.796. The van der Waals surface area contributed by atoms with Gasteiger partial charge in [-0.25, -0.2) is 4.79 Å². The van der Waals surface area contributed by atoms with E-state index < -0.39 is 5.60 Å². The number of rotatable bonds is 3. The highest BCUT2D eigenvalue weighted by molar-refractivity contribution is 9.09. The van der Waals surface area contributed by atoms with Gasteiger partial charge in [0, 0.05) is 11.0 Å². The number of hydrogen-bond donors (Lipinski definition) is 1. The quantitative estimate of drug-likeness (QED) is 0.815. The topological polar surface area (TPSA) is 55.4 Å². The van der Waals surface area contributed by atoms with Gasteiger partial charge in [0.2, 0.25) is 0 Å². The van der Waals surface area contributed by atoms with E-state index in [1.807, 2.05) is 20.8 Å². The molecule has 3 rings (SSSR count). The van der Waals surface area contributed by atoms with Crippen LogP contribution >= 0.6 is 15.9 Å². The summed E-state index contributed by atoms with van der Waals surface area (Å²) >= 11 is 3.20. The lowest BCUT2D eigenvalue weighted by atomic mass is 9.38. The SMILES string of the molecule is CC(C)(C)OC(=O)NC12CC(C(=O)CBr)(C1)C2. The van der Waals surface area contributed by atoms with Crippen LogP contribution < -0.4 is 5.32 Å². The van der Waals surface area contributed by atoms with Crippen molar-refractivity contribution < 1.29 is 14.3 Å². The maximum Gasteiger partial charge on any atom is 0.408 e. The van der Waals surface area contributed by atoms with E-state index in [1.165, 1.54) is 0 Å². The highest BCUT2D eigenvalue weighted by Gasteiger charge is 2.71. The second-order valence-electron chi connectivity index (χ2n) is 6.27. The smallest absolute Gasteiger partial charge is 0.408 e. The van der Waals surface area contributed by atoms with Gasteiger partial charge in [-0.05, 0) is 40.0 Å². The van der Waals surface area contributed by atoms with E-state index in [-0.39, 0.29) is 22.8 Å². The Bertz CT molecular complexity index is 353. The van der Waals surface area contributed by atoms with Gasteiger partial charge in [0.25, 0.3) is 0 Å². The molecular formula is C12H18BrNO3. The van der Waals surface area contributed by atoms with Crippen LogP contribution in [-0.2, 0) is 9.53 Å². The first kappa shape index (κ1) is 12.9. The predicted octanol–water partition coefficient (Wildman–Crippen LogP) is 2.40. The fourth-order valence-electron chi connectivity index (χ4n) is 2.88. The van der Waals surface area contributed by atoms with Crippen molar-refractivity contribution in [2.45, 2.75) is 51.2 Å². The van der Waals surface area contributed by atoms with E-state index in [4.69, 9.17) is 4.74 Å². The molecule has 0 heterocycles. The minimum Gasteiger partial charge on any atom is -0.444 e. The Kier molecular flexibility index (Phi) is 2.80. The van der Waals surface area contributed by atoms with Crippen LogP contribution in [0.4, 0.5) is 4.79 Å². The fourth-order valence-corrected chi connectivity index (χ4v) is 3.47. The molecule has 96 valence electrons. The van der Waals surface area contributed by atoms with Crippen molar-refractivity contribution in [2.24, 2.45) is 5.41 Å². The number of carbonyl (C=O) groups excluding carboxylic acids is 2. The largest absolute Gasteiger partial charge is 0.444 e. The average Bonchev–Trinajstić information content (AvgIpc) is 2.04. The third-order valence-corrected chi connectivity index (χ3v) is 4.02. The lowest BCUT2D eigenvalue weighted by Crippen LogP contribution is -2.77. The summed E-state index contributed by atoms with van der Waals surface area (Å²) in [6.45, 7) is 5.51. The van der Waals surface area contributed by atoms with Crippen molar-refractivity contribution in [1.29, 1.82) is 0 Å². The van der Waals surface area contributed by atoms with Crippen LogP contribution in [0, 0.1) is 5.41 Å². The second-order valence-corrected chi connectivity index (χ2v) is 6.84. The average molecular weight is 304 g/mol. The van der Waals surface area contributed by atoms with Gasteiger partial charge >= 0.3 is 6.09 Å². The van der Waals surface area contributed by atoms with Crippen molar-refractivity contribution in [1.82, 2.24) is 5.32 Å². The lowest BCUT2D eigenvalue weighted by molar-refractivity contribution is -0.174. The molecule has 0 unspecified atom stereocenters.